The number of rotatable bonds is 4. The van der Waals surface area contributed by atoms with Gasteiger partial charge in [0.15, 0.2) is 0 Å². The molecule has 0 amide bonds. The molecule has 0 bridgehead atoms. The zero-order valence-electron chi connectivity index (χ0n) is 12.4. The van der Waals surface area contributed by atoms with Crippen LogP contribution in [0.5, 0.6) is 0 Å². The van der Waals surface area contributed by atoms with Crippen molar-refractivity contribution in [3.63, 3.8) is 0 Å². The molecule has 3 aliphatic rings. The SMILES string of the molecule is CC(NC1CCN(C2CCCCC2O)CC1)C1CC1. The van der Waals surface area contributed by atoms with Crippen LogP contribution in [0.1, 0.15) is 58.3 Å². The van der Waals surface area contributed by atoms with Crippen LogP contribution in [0.3, 0.4) is 0 Å². The largest absolute Gasteiger partial charge is 0.391 e. The molecule has 2 saturated carbocycles. The smallest absolute Gasteiger partial charge is 0.0695 e. The number of nitrogens with zero attached hydrogens (tertiary/aromatic N) is 1. The van der Waals surface area contributed by atoms with Crippen LogP contribution in [0.15, 0.2) is 0 Å². The van der Waals surface area contributed by atoms with E-state index in [1.54, 1.807) is 0 Å². The first kappa shape index (κ1) is 13.8. The van der Waals surface area contributed by atoms with E-state index < -0.39 is 0 Å². The van der Waals surface area contributed by atoms with Gasteiger partial charge >= 0.3 is 0 Å². The third-order valence-electron chi connectivity index (χ3n) is 5.52. The number of aliphatic hydroxyl groups is 1. The van der Waals surface area contributed by atoms with Crippen LogP contribution in [-0.4, -0.2) is 47.3 Å². The summed E-state index contributed by atoms with van der Waals surface area (Å²) in [6.45, 7) is 4.71. The van der Waals surface area contributed by atoms with Crippen molar-refractivity contribution in [3.05, 3.63) is 0 Å². The molecule has 0 aromatic rings. The van der Waals surface area contributed by atoms with Gasteiger partial charge in [-0.1, -0.05) is 12.8 Å². The fourth-order valence-electron chi connectivity index (χ4n) is 4.02. The van der Waals surface area contributed by atoms with Gasteiger partial charge in [-0.25, -0.2) is 0 Å². The Bertz CT molecular complexity index is 284. The summed E-state index contributed by atoms with van der Waals surface area (Å²) in [6, 6.07) is 1.89. The summed E-state index contributed by atoms with van der Waals surface area (Å²) in [7, 11) is 0. The molecule has 1 heterocycles. The molecule has 0 spiro atoms. The molecule has 3 unspecified atom stereocenters. The lowest BCUT2D eigenvalue weighted by molar-refractivity contribution is 0.00659. The second kappa shape index (κ2) is 6.11. The van der Waals surface area contributed by atoms with Crippen LogP contribution in [-0.2, 0) is 0 Å². The van der Waals surface area contributed by atoms with Crippen molar-refractivity contribution in [1.29, 1.82) is 0 Å². The fourth-order valence-corrected chi connectivity index (χ4v) is 4.02. The van der Waals surface area contributed by atoms with Gasteiger partial charge in [-0.3, -0.25) is 4.90 Å². The molecule has 110 valence electrons. The molecule has 0 aromatic heterocycles. The maximum Gasteiger partial charge on any atom is 0.0695 e. The average molecular weight is 266 g/mol. The lowest BCUT2D eigenvalue weighted by atomic mass is 9.89. The highest BCUT2D eigenvalue weighted by atomic mass is 16.3. The minimum Gasteiger partial charge on any atom is -0.391 e. The number of hydrogen-bond acceptors (Lipinski definition) is 3. The first-order valence-corrected chi connectivity index (χ1v) is 8.42. The van der Waals surface area contributed by atoms with Crippen molar-refractivity contribution in [2.75, 3.05) is 13.1 Å². The van der Waals surface area contributed by atoms with Crippen molar-refractivity contribution < 1.29 is 5.11 Å². The summed E-state index contributed by atoms with van der Waals surface area (Å²) < 4.78 is 0. The molecule has 3 atom stereocenters. The van der Waals surface area contributed by atoms with E-state index in [0.717, 1.165) is 18.4 Å². The molecule has 1 saturated heterocycles. The lowest BCUT2D eigenvalue weighted by Gasteiger charge is -2.42. The topological polar surface area (TPSA) is 35.5 Å². The zero-order chi connectivity index (χ0) is 13.2. The predicted molar refractivity (Wildman–Crippen MR) is 78.2 cm³/mol. The number of aliphatic hydroxyl groups excluding tert-OH is 1. The molecule has 0 radical (unpaired) electrons. The molecule has 3 fully saturated rings. The van der Waals surface area contributed by atoms with E-state index in [2.05, 4.69) is 17.1 Å². The minimum absolute atomic E-state index is 0.0661. The van der Waals surface area contributed by atoms with Crippen molar-refractivity contribution in [2.45, 2.75) is 82.5 Å². The van der Waals surface area contributed by atoms with E-state index in [9.17, 15) is 5.11 Å². The normalized spacial score (nSPS) is 36.3. The van der Waals surface area contributed by atoms with Crippen LogP contribution in [0.4, 0.5) is 0 Å². The highest BCUT2D eigenvalue weighted by Gasteiger charge is 2.33. The van der Waals surface area contributed by atoms with Gasteiger partial charge in [0.25, 0.3) is 0 Å². The Morgan fingerprint density at radius 1 is 1.00 bits per heavy atom. The molecule has 3 nitrogen and oxygen atoms in total. The van der Waals surface area contributed by atoms with Crippen LogP contribution in [0, 0.1) is 5.92 Å². The van der Waals surface area contributed by atoms with Gasteiger partial charge < -0.3 is 10.4 Å². The van der Waals surface area contributed by atoms with Crippen LogP contribution >= 0.6 is 0 Å². The third-order valence-corrected chi connectivity index (χ3v) is 5.52. The number of nitrogens with one attached hydrogen (secondary N) is 1. The highest BCUT2D eigenvalue weighted by Crippen LogP contribution is 2.33. The van der Waals surface area contributed by atoms with Gasteiger partial charge in [-0.15, -0.1) is 0 Å². The van der Waals surface area contributed by atoms with Crippen LogP contribution in [0.25, 0.3) is 0 Å². The molecule has 3 heteroatoms. The quantitative estimate of drug-likeness (QED) is 0.818. The molecular formula is C16H30N2O. The zero-order valence-corrected chi connectivity index (χ0v) is 12.4. The summed E-state index contributed by atoms with van der Waals surface area (Å²) >= 11 is 0. The molecule has 3 rings (SSSR count). The Morgan fingerprint density at radius 3 is 2.32 bits per heavy atom. The van der Waals surface area contributed by atoms with Gasteiger partial charge in [-0.05, 0) is 51.4 Å². The first-order valence-electron chi connectivity index (χ1n) is 8.42. The second-order valence-electron chi connectivity index (χ2n) is 7.02. The monoisotopic (exact) mass is 266 g/mol. The van der Waals surface area contributed by atoms with Crippen molar-refractivity contribution >= 4 is 0 Å². The summed E-state index contributed by atoms with van der Waals surface area (Å²) in [4.78, 5) is 2.56. The molecule has 0 aromatic carbocycles. The Hall–Kier alpha value is -0.120. The maximum absolute atomic E-state index is 10.2. The van der Waals surface area contributed by atoms with Crippen molar-refractivity contribution in [2.24, 2.45) is 5.92 Å². The third kappa shape index (κ3) is 3.50. The standard InChI is InChI=1S/C16H30N2O/c1-12(13-6-7-13)17-14-8-10-18(11-9-14)15-4-2-3-5-16(15)19/h12-17,19H,2-11H2,1H3. The van der Waals surface area contributed by atoms with E-state index in [0.29, 0.717) is 12.1 Å². The van der Waals surface area contributed by atoms with E-state index in [-0.39, 0.29) is 6.10 Å². The van der Waals surface area contributed by atoms with Crippen molar-refractivity contribution in [3.8, 4) is 0 Å². The molecule has 2 N–H and O–H groups in total. The fraction of sp³-hybridized carbons (Fsp3) is 1.00. The molecular weight excluding hydrogens is 236 g/mol. The first-order chi connectivity index (χ1) is 9.24. The molecule has 19 heavy (non-hydrogen) atoms. The van der Waals surface area contributed by atoms with E-state index in [1.165, 1.54) is 58.0 Å². The van der Waals surface area contributed by atoms with Gasteiger partial charge in [0.2, 0.25) is 0 Å². The Labute approximate surface area is 117 Å². The Balaban J connectivity index is 1.43. The molecule has 2 aliphatic carbocycles. The summed E-state index contributed by atoms with van der Waals surface area (Å²) in [6.07, 6.45) is 10.1. The number of likely N-dealkylation sites (tertiary alicyclic amines) is 1. The van der Waals surface area contributed by atoms with E-state index >= 15 is 0 Å². The summed E-state index contributed by atoms with van der Waals surface area (Å²) in [5.41, 5.74) is 0. The van der Waals surface area contributed by atoms with Gasteiger partial charge in [0, 0.05) is 31.2 Å². The van der Waals surface area contributed by atoms with Crippen LogP contribution in [0.2, 0.25) is 0 Å². The van der Waals surface area contributed by atoms with Crippen molar-refractivity contribution in [1.82, 2.24) is 10.2 Å². The Kier molecular flexibility index (Phi) is 4.45. The molecule has 1 aliphatic heterocycles. The predicted octanol–water partition coefficient (Wildman–Crippen LogP) is 2.14. The lowest BCUT2D eigenvalue weighted by Crippen LogP contribution is -2.52. The van der Waals surface area contributed by atoms with Gasteiger partial charge in [-0.2, -0.15) is 0 Å². The maximum atomic E-state index is 10.2. The summed E-state index contributed by atoms with van der Waals surface area (Å²) in [5, 5.41) is 14.0. The average Bonchev–Trinajstić information content (AvgIpc) is 3.25. The van der Waals surface area contributed by atoms with Gasteiger partial charge in [0.1, 0.15) is 0 Å². The number of hydrogen-bond donors (Lipinski definition) is 2. The Morgan fingerprint density at radius 2 is 1.68 bits per heavy atom. The summed E-state index contributed by atoms with van der Waals surface area (Å²) in [5.74, 6) is 0.957. The minimum atomic E-state index is -0.0661. The van der Waals surface area contributed by atoms with E-state index in [1.807, 2.05) is 0 Å². The second-order valence-corrected chi connectivity index (χ2v) is 7.02. The van der Waals surface area contributed by atoms with Crippen LogP contribution < -0.4 is 5.32 Å². The number of piperidine rings is 1. The van der Waals surface area contributed by atoms with Gasteiger partial charge in [0.05, 0.1) is 6.10 Å². The highest BCUT2D eigenvalue weighted by molar-refractivity contribution is 4.90. The van der Waals surface area contributed by atoms with E-state index in [4.69, 9.17) is 0 Å².